The molecule has 1 saturated carbocycles. The number of benzene rings is 2. The monoisotopic (exact) mass is 474 g/mol. The number of fused-ring (bicyclic) bond motifs is 1. The van der Waals surface area contributed by atoms with Gasteiger partial charge in [0.1, 0.15) is 0 Å². The predicted molar refractivity (Wildman–Crippen MR) is 117 cm³/mol. The van der Waals surface area contributed by atoms with Gasteiger partial charge in [0, 0.05) is 17.1 Å². The highest BCUT2D eigenvalue weighted by molar-refractivity contribution is 6.10. The van der Waals surface area contributed by atoms with E-state index in [0.29, 0.717) is 0 Å². The Bertz CT molecular complexity index is 1260. The van der Waals surface area contributed by atoms with Crippen LogP contribution in [0.1, 0.15) is 58.4 Å². The summed E-state index contributed by atoms with van der Waals surface area (Å²) >= 11 is 0. The van der Waals surface area contributed by atoms with Crippen molar-refractivity contribution in [3.63, 3.8) is 0 Å². The van der Waals surface area contributed by atoms with E-state index in [1.807, 2.05) is 0 Å². The fourth-order valence-corrected chi connectivity index (χ4v) is 4.17. The zero-order valence-electron chi connectivity index (χ0n) is 17.9. The average Bonchev–Trinajstić information content (AvgIpc) is 3.22. The maximum atomic E-state index is 13.3. The van der Waals surface area contributed by atoms with Crippen LogP contribution in [-0.4, -0.2) is 38.8 Å². The molecule has 11 heteroatoms. The molecule has 0 bridgehead atoms. The third-order valence-electron chi connectivity index (χ3n) is 5.75. The molecule has 178 valence electrons. The Morgan fingerprint density at radius 3 is 2.41 bits per heavy atom. The van der Waals surface area contributed by atoms with Crippen LogP contribution in [0.3, 0.4) is 0 Å². The molecule has 34 heavy (non-hydrogen) atoms. The third-order valence-corrected chi connectivity index (χ3v) is 5.75. The van der Waals surface area contributed by atoms with Gasteiger partial charge in [0.15, 0.2) is 0 Å². The molecule has 0 unspecified atom stereocenters. The molecule has 0 aliphatic heterocycles. The zero-order valence-corrected chi connectivity index (χ0v) is 17.9. The van der Waals surface area contributed by atoms with Gasteiger partial charge in [-0.15, -0.1) is 0 Å². The number of carboxylic acids is 1. The molecular formula is C23H21F3N4O4. The number of anilines is 1. The van der Waals surface area contributed by atoms with Crippen LogP contribution >= 0.6 is 0 Å². The number of carbonyl (C=O) groups excluding carboxylic acids is 2. The number of halogens is 3. The molecule has 8 nitrogen and oxygen atoms in total. The first-order valence-electron chi connectivity index (χ1n) is 10.7. The third kappa shape index (κ3) is 4.73. The molecule has 1 aliphatic carbocycles. The summed E-state index contributed by atoms with van der Waals surface area (Å²) in [6.45, 7) is 0. The second kappa shape index (κ2) is 9.16. The van der Waals surface area contributed by atoms with Gasteiger partial charge < -0.3 is 15.7 Å². The largest absolute Gasteiger partial charge is 0.478 e. The fraction of sp³-hybridized carbons (Fsp3) is 0.304. The van der Waals surface area contributed by atoms with Crippen LogP contribution in [0, 0.1) is 0 Å². The minimum Gasteiger partial charge on any atom is -0.478 e. The molecule has 1 heterocycles. The van der Waals surface area contributed by atoms with Gasteiger partial charge >= 0.3 is 18.2 Å². The van der Waals surface area contributed by atoms with Crippen LogP contribution in [0.4, 0.5) is 23.7 Å². The molecule has 1 aromatic heterocycles. The number of hydrogen-bond acceptors (Lipinski definition) is 4. The van der Waals surface area contributed by atoms with Crippen LogP contribution in [-0.2, 0) is 6.18 Å². The van der Waals surface area contributed by atoms with Crippen LogP contribution in [0.25, 0.3) is 10.9 Å². The molecule has 3 N–H and O–H groups in total. The van der Waals surface area contributed by atoms with E-state index in [9.17, 15) is 32.7 Å². The van der Waals surface area contributed by atoms with E-state index < -0.39 is 35.2 Å². The van der Waals surface area contributed by atoms with Crippen molar-refractivity contribution in [2.75, 3.05) is 5.32 Å². The lowest BCUT2D eigenvalue weighted by molar-refractivity contribution is -0.137. The van der Waals surface area contributed by atoms with Crippen LogP contribution < -0.4 is 10.6 Å². The van der Waals surface area contributed by atoms with Crippen LogP contribution in [0.5, 0.6) is 0 Å². The molecule has 0 radical (unpaired) electrons. The number of amides is 2. The minimum atomic E-state index is -4.74. The van der Waals surface area contributed by atoms with E-state index in [0.717, 1.165) is 55.0 Å². The number of rotatable bonds is 4. The zero-order chi connectivity index (χ0) is 24.5. The molecule has 1 aliphatic rings. The molecule has 2 amide bonds. The number of alkyl halides is 3. The van der Waals surface area contributed by atoms with Crippen molar-refractivity contribution >= 4 is 34.5 Å². The van der Waals surface area contributed by atoms with Crippen LogP contribution in [0.2, 0.25) is 0 Å². The van der Waals surface area contributed by atoms with Crippen molar-refractivity contribution in [1.82, 2.24) is 15.1 Å². The summed E-state index contributed by atoms with van der Waals surface area (Å²) < 4.78 is 40.8. The lowest BCUT2D eigenvalue weighted by atomic mass is 9.96. The van der Waals surface area contributed by atoms with Gasteiger partial charge in [-0.2, -0.15) is 23.0 Å². The summed E-state index contributed by atoms with van der Waals surface area (Å²) in [6.07, 6.45) is 1.26. The molecule has 4 rings (SSSR count). The van der Waals surface area contributed by atoms with Gasteiger partial charge in [-0.1, -0.05) is 31.4 Å². The smallest absolute Gasteiger partial charge is 0.417 e. The van der Waals surface area contributed by atoms with Gasteiger partial charge in [-0.3, -0.25) is 4.79 Å². The SMILES string of the molecule is O=C(Nc1cc(C(=O)O)c2c(cnn2C(=O)NC2CCCCC2)c1)c1ccccc1C(F)(F)F. The predicted octanol–water partition coefficient (Wildman–Crippen LogP) is 4.90. The number of aromatic carboxylic acids is 1. The Kier molecular flexibility index (Phi) is 6.27. The Balaban J connectivity index is 1.65. The highest BCUT2D eigenvalue weighted by atomic mass is 19.4. The van der Waals surface area contributed by atoms with Crippen molar-refractivity contribution in [2.45, 2.75) is 44.3 Å². The topological polar surface area (TPSA) is 113 Å². The van der Waals surface area contributed by atoms with E-state index in [-0.39, 0.29) is 28.2 Å². The van der Waals surface area contributed by atoms with Gasteiger partial charge in [0.2, 0.25) is 0 Å². The van der Waals surface area contributed by atoms with Crippen molar-refractivity contribution in [3.05, 3.63) is 59.3 Å². The molecule has 0 saturated heterocycles. The number of carboxylic acid groups (broad SMARTS) is 1. The lowest BCUT2D eigenvalue weighted by Crippen LogP contribution is -2.39. The highest BCUT2D eigenvalue weighted by Crippen LogP contribution is 2.32. The quantitative estimate of drug-likeness (QED) is 0.498. The molecule has 0 atom stereocenters. The van der Waals surface area contributed by atoms with Crippen LogP contribution in [0.15, 0.2) is 42.6 Å². The van der Waals surface area contributed by atoms with E-state index >= 15 is 0 Å². The minimum absolute atomic E-state index is 0.0227. The van der Waals surface area contributed by atoms with E-state index in [1.165, 1.54) is 24.4 Å². The first-order chi connectivity index (χ1) is 16.1. The molecule has 1 fully saturated rings. The fourth-order valence-electron chi connectivity index (χ4n) is 4.17. The highest BCUT2D eigenvalue weighted by Gasteiger charge is 2.35. The summed E-state index contributed by atoms with van der Waals surface area (Å²) in [5.74, 6) is -2.44. The van der Waals surface area contributed by atoms with Gasteiger partial charge in [0.25, 0.3) is 5.91 Å². The Labute approximate surface area is 191 Å². The first kappa shape index (κ1) is 23.3. The van der Waals surface area contributed by atoms with Gasteiger partial charge in [-0.05, 0) is 37.1 Å². The van der Waals surface area contributed by atoms with Gasteiger partial charge in [0.05, 0.1) is 28.4 Å². The van der Waals surface area contributed by atoms with E-state index in [1.54, 1.807) is 0 Å². The van der Waals surface area contributed by atoms with Gasteiger partial charge in [-0.25, -0.2) is 9.59 Å². The van der Waals surface area contributed by atoms with Crippen molar-refractivity contribution < 1.29 is 32.7 Å². The summed E-state index contributed by atoms with van der Waals surface area (Å²) in [6, 6.07) is 6.13. The Hall–Kier alpha value is -3.89. The van der Waals surface area contributed by atoms with Crippen molar-refractivity contribution in [2.24, 2.45) is 0 Å². The number of nitrogens with one attached hydrogen (secondary N) is 2. The Morgan fingerprint density at radius 2 is 1.74 bits per heavy atom. The van der Waals surface area contributed by atoms with Crippen molar-refractivity contribution in [3.8, 4) is 0 Å². The van der Waals surface area contributed by atoms with E-state index in [4.69, 9.17) is 0 Å². The summed E-state index contributed by atoms with van der Waals surface area (Å²) in [4.78, 5) is 37.3. The number of nitrogens with zero attached hydrogens (tertiary/aromatic N) is 2. The maximum Gasteiger partial charge on any atom is 0.417 e. The van der Waals surface area contributed by atoms with Crippen molar-refractivity contribution in [1.29, 1.82) is 0 Å². The molecule has 2 aromatic carbocycles. The Morgan fingerprint density at radius 1 is 1.03 bits per heavy atom. The normalized spacial score (nSPS) is 14.7. The summed E-state index contributed by atoms with van der Waals surface area (Å²) in [5, 5.41) is 19.1. The molecule has 0 spiro atoms. The number of aromatic nitrogens is 2. The second-order valence-electron chi connectivity index (χ2n) is 8.11. The standard InChI is InChI=1S/C23H21F3N4O4/c24-23(25,26)18-9-5-4-8-16(18)20(31)28-15-10-13-12-27-30(19(13)17(11-15)21(32)33)22(34)29-14-6-2-1-3-7-14/h4-5,8-12,14H,1-3,6-7H2,(H,28,31)(H,29,34)(H,32,33). The lowest BCUT2D eigenvalue weighted by Gasteiger charge is -2.22. The van der Waals surface area contributed by atoms with E-state index in [2.05, 4.69) is 15.7 Å². The average molecular weight is 474 g/mol. The first-order valence-corrected chi connectivity index (χ1v) is 10.7. The number of hydrogen-bond donors (Lipinski definition) is 3. The molecule has 3 aromatic rings. The number of carbonyl (C=O) groups is 3. The maximum absolute atomic E-state index is 13.3. The second-order valence-corrected chi connectivity index (χ2v) is 8.11. The molecular weight excluding hydrogens is 453 g/mol. The summed E-state index contributed by atoms with van der Waals surface area (Å²) in [7, 11) is 0. The summed E-state index contributed by atoms with van der Waals surface area (Å²) in [5.41, 5.74) is -2.06.